The van der Waals surface area contributed by atoms with E-state index in [9.17, 15) is 10.1 Å². The minimum atomic E-state index is -0.384. The zero-order valence-corrected chi connectivity index (χ0v) is 15.4. The van der Waals surface area contributed by atoms with Crippen LogP contribution in [-0.4, -0.2) is 10.9 Å². The van der Waals surface area contributed by atoms with Crippen LogP contribution in [0.15, 0.2) is 70.9 Å². The van der Waals surface area contributed by atoms with Gasteiger partial charge in [0.25, 0.3) is 5.91 Å². The molecule has 0 saturated heterocycles. The molecule has 2 aromatic rings. The lowest BCUT2D eigenvalue weighted by Gasteiger charge is -2.16. The summed E-state index contributed by atoms with van der Waals surface area (Å²) >= 11 is 3.30. The van der Waals surface area contributed by atoms with Crippen molar-refractivity contribution in [2.24, 2.45) is 0 Å². The Hall–Kier alpha value is -2.71. The number of pyridine rings is 1. The molecule has 0 aliphatic carbocycles. The third kappa shape index (κ3) is 5.70. The van der Waals surface area contributed by atoms with Crippen LogP contribution in [0.5, 0.6) is 0 Å². The fourth-order valence-corrected chi connectivity index (χ4v) is 2.62. The second-order valence-corrected chi connectivity index (χ2v) is 6.09. The molecule has 126 valence electrons. The van der Waals surface area contributed by atoms with Crippen molar-refractivity contribution in [3.63, 3.8) is 0 Å². The predicted octanol–water partition coefficient (Wildman–Crippen LogP) is 4.57. The van der Waals surface area contributed by atoms with Crippen molar-refractivity contribution >= 4 is 27.9 Å². The van der Waals surface area contributed by atoms with Gasteiger partial charge in [0, 0.05) is 0 Å². The zero-order valence-electron chi connectivity index (χ0n) is 13.8. The number of nitrogens with zero attached hydrogens (tertiary/aromatic N) is 2. The third-order valence-electron chi connectivity index (χ3n) is 3.55. The average Bonchev–Trinajstić information content (AvgIpc) is 2.64. The van der Waals surface area contributed by atoms with Crippen LogP contribution < -0.4 is 5.32 Å². The van der Waals surface area contributed by atoms with Crippen LogP contribution in [0.4, 0.5) is 0 Å². The lowest BCUT2D eigenvalue weighted by Crippen LogP contribution is -2.29. The minimum Gasteiger partial charge on any atom is -0.345 e. The lowest BCUT2D eigenvalue weighted by molar-refractivity contribution is -0.117. The van der Waals surface area contributed by atoms with Gasteiger partial charge in [-0.25, -0.2) is 4.98 Å². The first kappa shape index (κ1) is 18.6. The summed E-state index contributed by atoms with van der Waals surface area (Å²) in [4.78, 5) is 16.6. The Morgan fingerprint density at radius 3 is 2.68 bits per heavy atom. The van der Waals surface area contributed by atoms with Crippen molar-refractivity contribution in [2.75, 3.05) is 0 Å². The zero-order chi connectivity index (χ0) is 18.1. The summed E-state index contributed by atoms with van der Waals surface area (Å²) in [6.07, 6.45) is 5.63. The fraction of sp³-hybridized carbons (Fsp3) is 0.150. The first-order valence-corrected chi connectivity index (χ1v) is 8.70. The molecule has 1 heterocycles. The second-order valence-electron chi connectivity index (χ2n) is 5.28. The van der Waals surface area contributed by atoms with Crippen LogP contribution in [0.1, 0.15) is 30.6 Å². The summed E-state index contributed by atoms with van der Waals surface area (Å²) in [6, 6.07) is 17.1. The monoisotopic (exact) mass is 395 g/mol. The largest absolute Gasteiger partial charge is 0.345 e. The maximum atomic E-state index is 12.4. The molecule has 2 rings (SSSR count). The molecule has 4 nitrogen and oxygen atoms in total. The van der Waals surface area contributed by atoms with Crippen molar-refractivity contribution in [1.29, 1.82) is 5.26 Å². The van der Waals surface area contributed by atoms with Crippen molar-refractivity contribution in [3.05, 3.63) is 82.1 Å². The van der Waals surface area contributed by atoms with Crippen LogP contribution in [0.3, 0.4) is 0 Å². The number of nitriles is 1. The fourth-order valence-electron chi connectivity index (χ4n) is 2.27. The van der Waals surface area contributed by atoms with Crippen molar-refractivity contribution < 1.29 is 4.79 Å². The number of aromatic nitrogens is 1. The highest BCUT2D eigenvalue weighted by Crippen LogP contribution is 2.16. The summed E-state index contributed by atoms with van der Waals surface area (Å²) in [6.45, 7) is 1.99. The standard InChI is InChI=1S/C20H18BrN3O/c1-2-18(15-8-4-3-5-9-15)24-20(25)16(14-22)10-6-11-17-12-7-13-19(21)23-17/h3-13,18H,2H2,1H3,(H,24,25). The minimum absolute atomic E-state index is 0.0561. The molecule has 1 N–H and O–H groups in total. The highest BCUT2D eigenvalue weighted by atomic mass is 79.9. The average molecular weight is 396 g/mol. The highest BCUT2D eigenvalue weighted by molar-refractivity contribution is 9.10. The van der Waals surface area contributed by atoms with E-state index in [4.69, 9.17) is 0 Å². The van der Waals surface area contributed by atoms with Gasteiger partial charge in [-0.05, 0) is 52.2 Å². The van der Waals surface area contributed by atoms with Crippen LogP contribution in [0.2, 0.25) is 0 Å². The van der Waals surface area contributed by atoms with Gasteiger partial charge in [0.2, 0.25) is 0 Å². The molecule has 0 radical (unpaired) electrons. The van der Waals surface area contributed by atoms with E-state index in [1.807, 2.05) is 61.5 Å². The normalized spacial score (nSPS) is 12.6. The third-order valence-corrected chi connectivity index (χ3v) is 3.99. The van der Waals surface area contributed by atoms with Crippen LogP contribution >= 0.6 is 15.9 Å². The quantitative estimate of drug-likeness (QED) is 0.337. The predicted molar refractivity (Wildman–Crippen MR) is 102 cm³/mol. The van der Waals surface area contributed by atoms with Gasteiger partial charge in [0.05, 0.1) is 11.7 Å². The molecule has 1 atom stereocenters. The van der Waals surface area contributed by atoms with E-state index in [1.54, 1.807) is 12.2 Å². The van der Waals surface area contributed by atoms with Crippen LogP contribution in [0.25, 0.3) is 6.08 Å². The Bertz CT molecular complexity index is 822. The number of rotatable bonds is 6. The summed E-state index contributed by atoms with van der Waals surface area (Å²) in [5, 5.41) is 12.2. The topological polar surface area (TPSA) is 65.8 Å². The number of carbonyl (C=O) groups is 1. The van der Waals surface area contributed by atoms with Gasteiger partial charge in [-0.1, -0.05) is 49.4 Å². The second kappa shape index (κ2) is 9.55. The van der Waals surface area contributed by atoms with Gasteiger partial charge >= 0.3 is 0 Å². The first-order valence-electron chi connectivity index (χ1n) is 7.91. The van der Waals surface area contributed by atoms with E-state index in [2.05, 4.69) is 26.2 Å². The van der Waals surface area contributed by atoms with Crippen molar-refractivity contribution in [1.82, 2.24) is 10.3 Å². The molecule has 0 aliphatic heterocycles. The number of carbonyl (C=O) groups excluding carboxylic acids is 1. The number of halogens is 1. The van der Waals surface area contributed by atoms with Gasteiger partial charge in [-0.2, -0.15) is 5.26 Å². The van der Waals surface area contributed by atoms with E-state index in [0.717, 1.165) is 22.3 Å². The van der Waals surface area contributed by atoms with Crippen molar-refractivity contribution in [3.8, 4) is 6.07 Å². The summed E-state index contributed by atoms with van der Waals surface area (Å²) < 4.78 is 0.727. The van der Waals surface area contributed by atoms with Crippen LogP contribution in [0, 0.1) is 11.3 Å². The molecule has 0 saturated carbocycles. The van der Waals surface area contributed by atoms with E-state index >= 15 is 0 Å². The SMILES string of the molecule is CCC(NC(=O)C(C#N)=CC=Cc1cccc(Br)n1)c1ccccc1. The molecule has 1 amide bonds. The van der Waals surface area contributed by atoms with E-state index < -0.39 is 0 Å². The number of benzene rings is 1. The molecule has 1 aromatic heterocycles. The molecule has 0 fully saturated rings. The lowest BCUT2D eigenvalue weighted by atomic mass is 10.0. The number of nitrogens with one attached hydrogen (secondary N) is 1. The molecule has 0 spiro atoms. The first-order chi connectivity index (χ1) is 12.1. The number of allylic oxidation sites excluding steroid dienone is 2. The van der Waals surface area contributed by atoms with Crippen molar-refractivity contribution in [2.45, 2.75) is 19.4 Å². The highest BCUT2D eigenvalue weighted by Gasteiger charge is 2.15. The molecule has 1 aromatic carbocycles. The molecule has 0 bridgehead atoms. The molecule has 0 aliphatic rings. The Kier molecular flexibility index (Phi) is 7.12. The van der Waals surface area contributed by atoms with E-state index in [0.29, 0.717) is 0 Å². The molecule has 1 unspecified atom stereocenters. The molecular weight excluding hydrogens is 378 g/mol. The maximum Gasteiger partial charge on any atom is 0.262 e. The van der Waals surface area contributed by atoms with Gasteiger partial charge in [-0.15, -0.1) is 0 Å². The van der Waals surface area contributed by atoms with E-state index in [1.165, 1.54) is 6.08 Å². The van der Waals surface area contributed by atoms with Crippen LogP contribution in [-0.2, 0) is 4.79 Å². The number of amides is 1. The van der Waals surface area contributed by atoms with Gasteiger partial charge in [-0.3, -0.25) is 4.79 Å². The Morgan fingerprint density at radius 1 is 1.28 bits per heavy atom. The maximum absolute atomic E-state index is 12.4. The smallest absolute Gasteiger partial charge is 0.262 e. The Balaban J connectivity index is 2.08. The Labute approximate surface area is 156 Å². The van der Waals surface area contributed by atoms with Gasteiger partial charge < -0.3 is 5.32 Å². The summed E-state index contributed by atoms with van der Waals surface area (Å²) in [5.74, 6) is -0.384. The number of hydrogen-bond donors (Lipinski definition) is 1. The summed E-state index contributed by atoms with van der Waals surface area (Å²) in [7, 11) is 0. The molecule has 25 heavy (non-hydrogen) atoms. The molecule has 5 heteroatoms. The van der Waals surface area contributed by atoms with E-state index in [-0.39, 0.29) is 17.5 Å². The van der Waals surface area contributed by atoms with Gasteiger partial charge in [0.1, 0.15) is 16.2 Å². The van der Waals surface area contributed by atoms with Gasteiger partial charge in [0.15, 0.2) is 0 Å². The molecular formula is C20H18BrN3O. The summed E-state index contributed by atoms with van der Waals surface area (Å²) in [5.41, 5.74) is 1.81. The Morgan fingerprint density at radius 2 is 2.04 bits per heavy atom. The number of hydrogen-bond acceptors (Lipinski definition) is 3.